The van der Waals surface area contributed by atoms with E-state index in [4.69, 9.17) is 15.2 Å². The largest absolute Gasteiger partial charge is 0.478 e. The van der Waals surface area contributed by atoms with E-state index in [1.165, 1.54) is 16.7 Å². The standard InChI is InChI=1S/C53H64N9O12P/c1-9-60-36-22-38-34(20-31(36)27(3)24-52(60,5)6)41(35-21-32-28(4)25-53(7,8)61(10-2)37(32)23-39(35)73-38)33-19-29(15-16-30(33)49(67)68)46(65)55-17-13-11-12-14-18-56-51-57-42-45(58-50(54)59-47(42)66)62(51)48-44(64)43(63)40(74-48)26-72-75(69,70)71/h15-16,19-25,40,43-44,48,63-64H,9-14,17-18,26H2,1-8H3,(H7-,54,55,56,57,58,59,65,66,67,68,69,70,71)/p+1/t40-,43-,44-,48-/m1/s1. The van der Waals surface area contributed by atoms with Crippen molar-refractivity contribution in [2.24, 2.45) is 0 Å². The molecule has 0 spiro atoms. The van der Waals surface area contributed by atoms with Gasteiger partial charge < -0.3 is 55.8 Å². The Morgan fingerprint density at radius 2 is 1.63 bits per heavy atom. The second-order valence-electron chi connectivity index (χ2n) is 20.6. The number of aromatic nitrogens is 4. The third-order valence-electron chi connectivity index (χ3n) is 14.6. The van der Waals surface area contributed by atoms with E-state index in [-0.39, 0.29) is 45.6 Å². The molecule has 0 unspecified atom stereocenters. The zero-order valence-electron chi connectivity index (χ0n) is 43.2. The number of rotatable bonds is 17. The summed E-state index contributed by atoms with van der Waals surface area (Å²) in [6, 6.07) is 13.0. The minimum absolute atomic E-state index is 0.0424. The molecule has 1 amide bonds. The van der Waals surface area contributed by atoms with Gasteiger partial charge in [0.05, 0.1) is 23.8 Å². The molecule has 2 aromatic heterocycles. The van der Waals surface area contributed by atoms with E-state index < -0.39 is 50.5 Å². The van der Waals surface area contributed by atoms with Gasteiger partial charge in [-0.15, -0.1) is 0 Å². The molecule has 0 bridgehead atoms. The molecule has 21 nitrogen and oxygen atoms in total. The quantitative estimate of drug-likeness (QED) is 0.0342. The molecule has 4 aliphatic rings. The molecule has 1 fully saturated rings. The number of nitrogen functional groups attached to an aromatic ring is 1. The number of carbonyl (C=O) groups excluding carboxylic acids is 1. The number of nitrogens with one attached hydrogen (secondary N) is 3. The molecule has 9 rings (SSSR count). The number of phosphoric acid groups is 1. The minimum atomic E-state index is -4.93. The topological polar surface area (TPSA) is 300 Å². The van der Waals surface area contributed by atoms with Gasteiger partial charge in [-0.3, -0.25) is 23.7 Å². The van der Waals surface area contributed by atoms with Crippen LogP contribution in [0.25, 0.3) is 27.9 Å². The molecule has 4 atom stereocenters. The van der Waals surface area contributed by atoms with E-state index in [1.807, 2.05) is 0 Å². The van der Waals surface area contributed by atoms with Gasteiger partial charge in [-0.25, -0.2) is 18.9 Å². The van der Waals surface area contributed by atoms with Gasteiger partial charge in [-0.1, -0.05) is 18.9 Å². The number of aliphatic hydroxyl groups is 2. The van der Waals surface area contributed by atoms with Gasteiger partial charge in [0.15, 0.2) is 22.9 Å². The number of allylic oxidation sites excluding steroid dienone is 2. The van der Waals surface area contributed by atoms with E-state index in [0.717, 1.165) is 57.2 Å². The van der Waals surface area contributed by atoms with Crippen molar-refractivity contribution >= 4 is 65.2 Å². The van der Waals surface area contributed by atoms with Crippen LogP contribution in [0.2, 0.25) is 0 Å². The number of hydrogen-bond acceptors (Lipinski definition) is 14. The number of carboxylic acid groups (broad SMARTS) is 1. The highest BCUT2D eigenvalue weighted by Crippen LogP contribution is 2.47. The Morgan fingerprint density at radius 1 is 0.907 bits per heavy atom. The van der Waals surface area contributed by atoms with Crippen molar-refractivity contribution in [3.8, 4) is 11.5 Å². The van der Waals surface area contributed by atoms with Gasteiger partial charge in [-0.05, 0) is 108 Å². The monoisotopic (exact) mass is 1050 g/mol. The molecular formula is C53H65N9O12P+. The van der Waals surface area contributed by atoms with Crippen LogP contribution in [0.4, 0.5) is 17.6 Å². The first kappa shape index (κ1) is 53.1. The zero-order chi connectivity index (χ0) is 54.1. The fraction of sp³-hybridized carbons (Fsp3) is 0.434. The number of aromatic carboxylic acids is 1. The number of carbonyl (C=O) groups is 2. The predicted molar refractivity (Wildman–Crippen MR) is 283 cm³/mol. The molecule has 398 valence electrons. The van der Waals surface area contributed by atoms with Crippen molar-refractivity contribution in [1.29, 1.82) is 0 Å². The summed E-state index contributed by atoms with van der Waals surface area (Å²) in [6.07, 6.45) is 1.11. The Hall–Kier alpha value is -6.71. The van der Waals surface area contributed by atoms with Crippen LogP contribution < -0.4 is 46.7 Å². The maximum atomic E-state index is 14.0. The molecular weight excluding hydrogens is 986 g/mol. The normalized spacial score (nSPS) is 20.4. The smallest absolute Gasteiger partial charge is 0.469 e. The molecule has 0 aliphatic carbocycles. The van der Waals surface area contributed by atoms with Crippen LogP contribution in [0.1, 0.15) is 130 Å². The Bertz CT molecular complexity index is 3470. The lowest BCUT2D eigenvalue weighted by atomic mass is 9.83. The van der Waals surface area contributed by atoms with Crippen LogP contribution in [0.5, 0.6) is 11.5 Å². The van der Waals surface area contributed by atoms with Crippen LogP contribution in [0.3, 0.4) is 0 Å². The van der Waals surface area contributed by atoms with Crippen LogP contribution in [-0.2, 0) is 13.8 Å². The number of likely N-dealkylation sites (N-methyl/N-ethyl adjacent to an activating group) is 2. The molecule has 10 N–H and O–H groups in total. The first-order valence-electron chi connectivity index (χ1n) is 25.2. The van der Waals surface area contributed by atoms with Gasteiger partial charge in [0, 0.05) is 78.3 Å². The van der Waals surface area contributed by atoms with Crippen molar-refractivity contribution in [3.63, 3.8) is 0 Å². The Kier molecular flexibility index (Phi) is 14.2. The van der Waals surface area contributed by atoms with E-state index in [9.17, 15) is 44.1 Å². The molecule has 6 heterocycles. The number of aromatic amines is 1. The maximum Gasteiger partial charge on any atom is 0.469 e. The fourth-order valence-corrected chi connectivity index (χ4v) is 11.6. The van der Waals surface area contributed by atoms with E-state index in [2.05, 4.69) is 131 Å². The van der Waals surface area contributed by atoms with Gasteiger partial charge in [-0.2, -0.15) is 4.98 Å². The number of benzene rings is 3. The van der Waals surface area contributed by atoms with E-state index in [1.54, 1.807) is 6.07 Å². The van der Waals surface area contributed by atoms with Gasteiger partial charge in [0.1, 0.15) is 36.4 Å². The number of aliphatic hydroxyl groups excluding tert-OH is 2. The minimum Gasteiger partial charge on any atom is -0.478 e. The van der Waals surface area contributed by atoms with E-state index >= 15 is 0 Å². The van der Waals surface area contributed by atoms with Crippen molar-refractivity contribution in [3.05, 3.63) is 109 Å². The molecule has 4 aliphatic heterocycles. The van der Waals surface area contributed by atoms with Gasteiger partial charge in [0.2, 0.25) is 17.3 Å². The Morgan fingerprint density at radius 3 is 2.32 bits per heavy atom. The lowest BCUT2D eigenvalue weighted by molar-refractivity contribution is -0.0494. The van der Waals surface area contributed by atoms with E-state index in [0.29, 0.717) is 67.0 Å². The Labute approximate surface area is 432 Å². The number of H-pyrrole nitrogens is 1. The number of phosphoric ester groups is 1. The molecule has 3 aromatic carbocycles. The van der Waals surface area contributed by atoms with Gasteiger partial charge >= 0.3 is 13.8 Å². The van der Waals surface area contributed by atoms with Crippen LogP contribution in [0.15, 0.2) is 59.4 Å². The highest BCUT2D eigenvalue weighted by Gasteiger charge is 2.46. The lowest BCUT2D eigenvalue weighted by Gasteiger charge is -2.43. The predicted octanol–water partition coefficient (Wildman–Crippen LogP) is 4.61. The summed E-state index contributed by atoms with van der Waals surface area (Å²) in [5, 5.41) is 40.3. The molecule has 1 saturated heterocycles. The number of unbranched alkanes of at least 4 members (excludes halogenated alkanes) is 3. The third-order valence-corrected chi connectivity index (χ3v) is 15.1. The van der Waals surface area contributed by atoms with Crippen molar-refractivity contribution in [2.75, 3.05) is 48.7 Å². The summed E-state index contributed by atoms with van der Waals surface area (Å²) in [7, 11) is -4.93. The highest BCUT2D eigenvalue weighted by molar-refractivity contribution is 7.46. The molecule has 0 radical (unpaired) electrons. The molecule has 22 heteroatoms. The summed E-state index contributed by atoms with van der Waals surface area (Å²) in [4.78, 5) is 71.6. The van der Waals surface area contributed by atoms with Crippen molar-refractivity contribution in [1.82, 2.24) is 29.4 Å². The van der Waals surface area contributed by atoms with Crippen molar-refractivity contribution < 1.29 is 53.3 Å². The van der Waals surface area contributed by atoms with Crippen LogP contribution in [0, 0.1) is 0 Å². The lowest BCUT2D eigenvalue weighted by Crippen LogP contribution is -2.49. The zero-order valence-corrected chi connectivity index (χ0v) is 44.1. The first-order chi connectivity index (χ1) is 35.4. The average molecular weight is 1050 g/mol. The first-order valence-corrected chi connectivity index (χ1v) is 26.7. The number of fused-ring (bicyclic) bond motifs is 5. The number of amides is 1. The summed E-state index contributed by atoms with van der Waals surface area (Å²) in [5.41, 5.74) is 11.8. The number of ether oxygens (including phenoxy) is 2. The SMILES string of the molecule is CCN1c2cc3c(cc2C(C)=CC1(C)C)C(c1cc(C(=O)NCCCCCCNc2nc4c(=O)[nH]c(N)nc4n2[C@@H]2O[C@H](COP(=O)(O)O)[C@@H](O)[C@H]2O)ccc1C(=O)O)=c1cc2c(cc1O3)=[N+](CC)C(C)(C)C=C2C. The second-order valence-corrected chi connectivity index (χ2v) is 21.8. The number of imidazole rings is 1. The molecule has 75 heavy (non-hydrogen) atoms. The average Bonchev–Trinajstić information content (AvgIpc) is 3.83. The van der Waals surface area contributed by atoms with Crippen LogP contribution in [-0.4, -0.2) is 119 Å². The number of anilines is 3. The summed E-state index contributed by atoms with van der Waals surface area (Å²) >= 11 is 0. The highest BCUT2D eigenvalue weighted by atomic mass is 31.2. The summed E-state index contributed by atoms with van der Waals surface area (Å²) in [6.45, 7) is 18.6. The third kappa shape index (κ3) is 10.0. The summed E-state index contributed by atoms with van der Waals surface area (Å²) in [5.74, 6) is -0.502. The Balaban J connectivity index is 0.945. The molecule has 0 saturated carbocycles. The van der Waals surface area contributed by atoms with Crippen molar-refractivity contribution in [2.45, 2.75) is 117 Å². The number of nitrogens with zero attached hydrogens (tertiary/aromatic N) is 5. The number of hydrogen-bond donors (Lipinski definition) is 9. The number of carboxylic acids is 1. The van der Waals surface area contributed by atoms with Gasteiger partial charge in [0.25, 0.3) is 11.5 Å². The second kappa shape index (κ2) is 20.1. The molecule has 5 aromatic rings. The fourth-order valence-electron chi connectivity index (χ4n) is 11.3. The van der Waals surface area contributed by atoms with Crippen LogP contribution >= 0.6 is 7.82 Å². The summed E-state index contributed by atoms with van der Waals surface area (Å²) < 4.78 is 32.1. The number of nitrogens with two attached hydrogens (primary N) is 1. The maximum absolute atomic E-state index is 14.0.